The number of hydrogen-bond acceptors (Lipinski definition) is 22. The predicted molar refractivity (Wildman–Crippen MR) is 422 cm³/mol. The molecule has 0 aliphatic rings. The fourth-order valence-electron chi connectivity index (χ4n) is 5.66. The number of H-pyrrole nitrogens is 1. The molecule has 13 N–H and O–H groups in total. The number of alkyl halides is 20. The van der Waals surface area contributed by atoms with Crippen molar-refractivity contribution in [3.8, 4) is 0 Å². The van der Waals surface area contributed by atoms with Crippen molar-refractivity contribution in [3.05, 3.63) is 176 Å². The summed E-state index contributed by atoms with van der Waals surface area (Å²) in [6.45, 7) is 14.7. The number of carbonyl (C=O) groups excluding carboxylic acids is 7. The van der Waals surface area contributed by atoms with E-state index >= 15 is 0 Å². The van der Waals surface area contributed by atoms with Crippen molar-refractivity contribution in [1.29, 1.82) is 0 Å². The average Bonchev–Trinajstić information content (AvgIpc) is 0.897. The van der Waals surface area contributed by atoms with Gasteiger partial charge < -0.3 is 69.4 Å². The second-order valence-corrected chi connectivity index (χ2v) is 18.0. The van der Waals surface area contributed by atoms with Gasteiger partial charge in [-0.2, -0.15) is 65.9 Å². The van der Waals surface area contributed by atoms with Crippen LogP contribution in [-0.2, 0) is 77.2 Å². The van der Waals surface area contributed by atoms with Crippen molar-refractivity contribution >= 4 is 114 Å². The molecule has 6 aromatic heterocycles. The van der Waals surface area contributed by atoms with Crippen LogP contribution >= 0.6 is 58.0 Å². The Morgan fingerprint density at radius 2 is 0.622 bits per heavy atom. The number of pyridine rings is 5. The number of methoxy groups -OCH3 is 2. The summed E-state index contributed by atoms with van der Waals surface area (Å²) in [5, 5.41) is 25.4. The zero-order chi connectivity index (χ0) is 94.0. The second kappa shape index (κ2) is 88.6. The van der Waals surface area contributed by atoms with E-state index in [4.69, 9.17) is 34.1 Å². The number of hydrogen-bond donors (Lipinski definition) is 10. The topological polar surface area (TPSA) is 449 Å². The van der Waals surface area contributed by atoms with E-state index < -0.39 is 104 Å². The SMILES string of the molecule is C.C.CC=O.CCO.CCl.CCl.CCl.CCl.CCl.CN.CNC(=O)c1ccc(C(F)(F)F)nc1C.CNC(=O)c1ccc(C(F)(F)F)nc1C.CNC(=O)c1ccc(C(F)(F)F)nc1C.CNC(=O)c1ccc(C(F)(F)F)nc1C.COC(C)=O.COC(C)=O.Cc1nc(C(F)(F)F)ccc1C(=O)O.Cc1ncc[nH]1.N/C=C\N.[B].[H-].[Li+].[O]=[Mn]=[O]. The average molecular weight is 1880 g/mol. The van der Waals surface area contributed by atoms with E-state index in [1.807, 2.05) is 6.92 Å². The Labute approximate surface area is 729 Å². The molecule has 4 amide bonds. The van der Waals surface area contributed by atoms with Crippen LogP contribution in [0.3, 0.4) is 0 Å². The molecule has 0 aliphatic carbocycles. The number of aliphatic hydroxyl groups is 1. The molecular formula is C68H105BCl5F15LiMnN14O14. The van der Waals surface area contributed by atoms with Crippen molar-refractivity contribution in [1.82, 2.24) is 56.2 Å². The van der Waals surface area contributed by atoms with Gasteiger partial charge in [-0.05, 0) is 123 Å². The molecule has 0 saturated carbocycles. The molecule has 6 heterocycles. The molecule has 0 saturated heterocycles. The summed E-state index contributed by atoms with van der Waals surface area (Å²) in [4.78, 5) is 106. The number of nitrogens with zero attached hydrogens (tertiary/aromatic N) is 6. The maximum atomic E-state index is 12.2. The third-order valence-corrected chi connectivity index (χ3v) is 10.3. The molecule has 0 fully saturated rings. The van der Waals surface area contributed by atoms with Gasteiger partial charge in [-0.15, -0.1) is 58.0 Å². The predicted octanol–water partition coefficient (Wildman–Crippen LogP) is 11.5. The number of carboxylic acids is 1. The number of ether oxygens (including phenoxy) is 2. The Balaban J connectivity index is -0.0000000655. The summed E-state index contributed by atoms with van der Waals surface area (Å²) in [6.07, 6.45) is -8.26. The Morgan fingerprint density at radius 1 is 0.471 bits per heavy atom. The van der Waals surface area contributed by atoms with Crippen molar-refractivity contribution in [2.45, 2.75) is 115 Å². The van der Waals surface area contributed by atoms with Crippen LogP contribution in [0.15, 0.2) is 85.5 Å². The Hall–Kier alpha value is -8.64. The van der Waals surface area contributed by atoms with E-state index in [9.17, 15) is 99.4 Å². The van der Waals surface area contributed by atoms with E-state index in [-0.39, 0.29) is 118 Å². The van der Waals surface area contributed by atoms with Crippen LogP contribution in [-0.4, -0.2) is 189 Å². The van der Waals surface area contributed by atoms with Crippen molar-refractivity contribution < 1.29 is 167 Å². The summed E-state index contributed by atoms with van der Waals surface area (Å²) in [5.74, 6) is -2.61. The number of nitrogens with two attached hydrogens (primary N) is 3. The summed E-state index contributed by atoms with van der Waals surface area (Å²) >= 11 is 21.8. The van der Waals surface area contributed by atoms with Gasteiger partial charge in [-0.25, -0.2) is 34.7 Å². The fraction of sp³-hybridized carbons (Fsp3) is 0.441. The van der Waals surface area contributed by atoms with Gasteiger partial charge in [0.1, 0.15) is 40.6 Å². The molecule has 3 radical (unpaired) electrons. The van der Waals surface area contributed by atoms with Crippen LogP contribution in [0.25, 0.3) is 0 Å². The Bertz CT molecular complexity index is 3370. The van der Waals surface area contributed by atoms with Crippen LogP contribution in [0.5, 0.6) is 0 Å². The molecule has 51 heteroatoms. The second-order valence-electron chi connectivity index (χ2n) is 17.8. The number of nitrogens with one attached hydrogen (secondary N) is 5. The van der Waals surface area contributed by atoms with Crippen molar-refractivity contribution in [3.63, 3.8) is 0 Å². The molecule has 28 nitrogen and oxygen atoms in total. The quantitative estimate of drug-likeness (QED) is 0.0252. The summed E-state index contributed by atoms with van der Waals surface area (Å²) in [7, 11) is 9.81. The van der Waals surface area contributed by atoms with Gasteiger partial charge in [-0.3, -0.25) is 28.8 Å². The first-order valence-electron chi connectivity index (χ1n) is 30.2. The van der Waals surface area contributed by atoms with Gasteiger partial charge in [0.25, 0.3) is 23.6 Å². The number of aromatic carboxylic acids is 1. The van der Waals surface area contributed by atoms with Gasteiger partial charge in [0, 0.05) is 114 Å². The zero-order valence-corrected chi connectivity index (χ0v) is 72.6. The zero-order valence-electron chi connectivity index (χ0n) is 68.6. The Kier molecular flexibility index (Phi) is 110. The van der Waals surface area contributed by atoms with Gasteiger partial charge in [0.05, 0.1) is 70.5 Å². The monoisotopic (exact) mass is 1870 g/mol. The van der Waals surface area contributed by atoms with Gasteiger partial charge in [0.2, 0.25) is 0 Å². The molecular weight excluding hydrogens is 1770 g/mol. The molecule has 0 spiro atoms. The van der Waals surface area contributed by atoms with E-state index in [0.29, 0.717) is 6.07 Å². The van der Waals surface area contributed by atoms with Gasteiger partial charge in [-0.1, -0.05) is 14.9 Å². The van der Waals surface area contributed by atoms with Crippen LogP contribution < -0.4 is 57.3 Å². The number of aldehydes is 1. The molecule has 0 bridgehead atoms. The first-order valence-corrected chi connectivity index (χ1v) is 35.0. The van der Waals surface area contributed by atoms with Crippen molar-refractivity contribution in [2.75, 3.05) is 88.0 Å². The molecule has 682 valence electrons. The molecule has 0 atom stereocenters. The number of aryl methyl sites for hydroxylation is 6. The number of carbonyl (C=O) groups is 8. The number of esters is 2. The number of aliphatic hydroxyl groups excluding tert-OH is 1. The molecule has 119 heavy (non-hydrogen) atoms. The molecule has 0 aliphatic heterocycles. The minimum absolute atomic E-state index is 0. The van der Waals surface area contributed by atoms with Crippen LogP contribution in [0, 0.1) is 41.5 Å². The number of aromatic nitrogens is 7. The summed E-state index contributed by atoms with van der Waals surface area (Å²) in [5.41, 5.74) is 9.33. The molecule has 6 aromatic rings. The van der Waals surface area contributed by atoms with Gasteiger partial charge >= 0.3 is 90.1 Å². The van der Waals surface area contributed by atoms with Crippen LogP contribution in [0.4, 0.5) is 65.9 Å². The molecule has 0 unspecified atom stereocenters. The van der Waals surface area contributed by atoms with Crippen LogP contribution in [0.2, 0.25) is 0 Å². The fourth-order valence-corrected chi connectivity index (χ4v) is 5.66. The maximum absolute atomic E-state index is 12.2. The van der Waals surface area contributed by atoms with Crippen molar-refractivity contribution in [2.24, 2.45) is 17.2 Å². The normalized spacial score (nSPS) is 9.01. The van der Waals surface area contributed by atoms with E-state index in [0.717, 1.165) is 66.7 Å². The number of carboxylic acid groups (broad SMARTS) is 1. The summed E-state index contributed by atoms with van der Waals surface area (Å²) in [6, 6.07) is 9.16. The summed E-state index contributed by atoms with van der Waals surface area (Å²) < 4.78 is 208. The Morgan fingerprint density at radius 3 is 0.697 bits per heavy atom. The third kappa shape index (κ3) is 78.9. The van der Waals surface area contributed by atoms with E-state index in [1.54, 1.807) is 19.3 Å². The number of aromatic amines is 1. The van der Waals surface area contributed by atoms with E-state index in [1.165, 1.54) is 149 Å². The van der Waals surface area contributed by atoms with E-state index in [2.05, 4.69) is 129 Å². The first-order chi connectivity index (χ1) is 53.3. The number of amides is 4. The van der Waals surface area contributed by atoms with Crippen LogP contribution in [0.1, 0.15) is 159 Å². The number of rotatable bonds is 5. The number of halogens is 20. The first kappa shape index (κ1) is 148. The molecule has 6 rings (SSSR count). The van der Waals surface area contributed by atoms with Gasteiger partial charge in [0.15, 0.2) is 0 Å². The minimum atomic E-state index is -4.54. The molecule has 0 aromatic carbocycles. The third-order valence-electron chi connectivity index (χ3n) is 10.3. The number of imidazole rings is 1. The standard InChI is InChI=1S/4C9H9F3N2O.C8H6F3NO2.C4H6N2.2C3H6O2.C2H6N2.C2H6O.C2H4O.5CH3Cl.CH5N.2CH4.B.Li.Mn.2O.H/c4*1-5-6(8(15)13-2)3-4-7(14-5)9(10,11)12;1-4-5(7(13)14)2-3-6(12-4)8(9,10)11;1-4-5-2-3-6-4;2*1-3(4)5-2;3-1-2-4;2*1-2-3;6*1-2;;;;;;;;/h4*3-4H,1-2H3,(H,13,15);2-3H,1H3,(H,13,14);2-3H,1H3,(H,5,6);2*1-2H3;1-2H,3-4H2;3H,2H2,1H3;2H,1H3;5*1H3;2H2,1H3;2*1H4;;;;;;/q;;;;;;;;;;;;;;;;;;;;+1;;;;-1/b;;;;;;;;2-1-;;;;;;;;;;;;;;;;.